The predicted molar refractivity (Wildman–Crippen MR) is 68.4 cm³/mol. The number of ether oxygens (including phenoxy) is 1. The lowest BCUT2D eigenvalue weighted by Crippen LogP contribution is -3.09. The summed E-state index contributed by atoms with van der Waals surface area (Å²) in [5.41, 5.74) is -0.977. The first kappa shape index (κ1) is 18.6. The third-order valence-corrected chi connectivity index (χ3v) is 3.15. The smallest absolute Gasteiger partial charge is 0.219 e. The zero-order valence-electron chi connectivity index (χ0n) is 11.8. The Hall–Kier alpha value is -1.38. The van der Waals surface area contributed by atoms with Gasteiger partial charge in [-0.25, -0.2) is 0 Å². The van der Waals surface area contributed by atoms with Crippen LogP contribution in [0.2, 0.25) is 0 Å². The second-order valence-electron chi connectivity index (χ2n) is 5.14. The van der Waals surface area contributed by atoms with Gasteiger partial charge in [-0.3, -0.25) is 19.9 Å². The van der Waals surface area contributed by atoms with Crippen LogP contribution in [0.25, 0.3) is 0 Å². The fourth-order valence-corrected chi connectivity index (χ4v) is 1.64. The minimum Gasteiger partial charge on any atom is -1.00 e. The van der Waals surface area contributed by atoms with Gasteiger partial charge in [0, 0.05) is 25.2 Å². The maximum Gasteiger partial charge on any atom is 0.219 e. The lowest BCUT2D eigenvalue weighted by Gasteiger charge is -2.23. The number of halogens is 1. The Morgan fingerprint density at radius 2 is 2.30 bits per heavy atom. The number of nitro groups is 1. The average molecular weight is 309 g/mol. The maximum atomic E-state index is 10.7. The number of hydrogen-bond donors (Lipinski definition) is 2. The molecule has 0 saturated carbocycles. The van der Waals surface area contributed by atoms with Crippen molar-refractivity contribution in [1.29, 1.82) is 0 Å². The lowest BCUT2D eigenvalue weighted by molar-refractivity contribution is -0.843. The summed E-state index contributed by atoms with van der Waals surface area (Å²) in [5, 5.41) is 22.4. The number of nitrogens with zero attached hydrogens (tertiary/aromatic N) is 3. The molecule has 1 heterocycles. The molecule has 2 N–H and O–H groups in total. The normalized spacial score (nSPS) is 22.2. The molecule has 1 aliphatic rings. The van der Waals surface area contributed by atoms with E-state index < -0.39 is 5.54 Å². The SMILES string of the molecule is C[NH+]1C=CN(COCCC(C)(C)[N+](=O)[O-])C1/C=N\O.[Cl-]. The Balaban J connectivity index is 0.00000361. The third-order valence-electron chi connectivity index (χ3n) is 3.15. The molecule has 9 heteroatoms. The van der Waals surface area contributed by atoms with Gasteiger partial charge in [-0.15, -0.1) is 0 Å². The largest absolute Gasteiger partial charge is 1.00 e. The summed E-state index contributed by atoms with van der Waals surface area (Å²) in [7, 11) is 1.93. The molecule has 2 unspecified atom stereocenters. The molecule has 0 amide bonds. The van der Waals surface area contributed by atoms with Crippen LogP contribution in [0, 0.1) is 10.1 Å². The Labute approximate surface area is 124 Å². The highest BCUT2D eigenvalue weighted by Gasteiger charge is 2.31. The molecular weight excluding hydrogens is 288 g/mol. The van der Waals surface area contributed by atoms with Crippen molar-refractivity contribution in [3.8, 4) is 0 Å². The van der Waals surface area contributed by atoms with E-state index in [1.165, 1.54) is 6.21 Å². The van der Waals surface area contributed by atoms with E-state index in [4.69, 9.17) is 9.94 Å². The van der Waals surface area contributed by atoms with Gasteiger partial charge in [0.2, 0.25) is 11.7 Å². The molecule has 0 aromatic rings. The predicted octanol–water partition coefficient (Wildman–Crippen LogP) is -3.50. The zero-order valence-corrected chi connectivity index (χ0v) is 12.6. The van der Waals surface area contributed by atoms with E-state index in [0.29, 0.717) is 19.8 Å². The van der Waals surface area contributed by atoms with Crippen molar-refractivity contribution in [1.82, 2.24) is 4.90 Å². The Morgan fingerprint density at radius 1 is 1.65 bits per heavy atom. The van der Waals surface area contributed by atoms with Gasteiger partial charge in [0.25, 0.3) is 0 Å². The molecule has 2 atom stereocenters. The molecule has 0 aromatic heterocycles. The highest BCUT2D eigenvalue weighted by atomic mass is 35.5. The van der Waals surface area contributed by atoms with Gasteiger partial charge in [-0.05, 0) is 0 Å². The molecular formula is C11H21ClN4O4. The van der Waals surface area contributed by atoms with Gasteiger partial charge < -0.3 is 22.4 Å². The molecule has 20 heavy (non-hydrogen) atoms. The van der Waals surface area contributed by atoms with Crippen LogP contribution in [-0.4, -0.2) is 53.3 Å². The summed E-state index contributed by atoms with van der Waals surface area (Å²) in [6.45, 7) is 3.76. The van der Waals surface area contributed by atoms with Crippen LogP contribution in [0.4, 0.5) is 0 Å². The molecule has 0 bridgehead atoms. The van der Waals surface area contributed by atoms with Crippen LogP contribution < -0.4 is 17.3 Å². The Morgan fingerprint density at radius 3 is 2.85 bits per heavy atom. The number of nitrogens with one attached hydrogen (secondary N) is 1. The topological polar surface area (TPSA) is 92.6 Å². The summed E-state index contributed by atoms with van der Waals surface area (Å²) in [6.07, 6.45) is 5.41. The van der Waals surface area contributed by atoms with Crippen molar-refractivity contribution in [3.05, 3.63) is 22.5 Å². The van der Waals surface area contributed by atoms with Crippen LogP contribution in [0.1, 0.15) is 20.3 Å². The van der Waals surface area contributed by atoms with Crippen LogP contribution in [0.3, 0.4) is 0 Å². The first-order chi connectivity index (χ1) is 8.88. The molecule has 0 aromatic carbocycles. The van der Waals surface area contributed by atoms with E-state index in [-0.39, 0.29) is 23.5 Å². The third kappa shape index (κ3) is 4.95. The molecule has 0 radical (unpaired) electrons. The monoisotopic (exact) mass is 308 g/mol. The van der Waals surface area contributed by atoms with E-state index >= 15 is 0 Å². The van der Waals surface area contributed by atoms with E-state index in [9.17, 15) is 10.1 Å². The molecule has 0 aliphatic carbocycles. The number of quaternary nitrogens is 1. The van der Waals surface area contributed by atoms with E-state index in [2.05, 4.69) is 5.16 Å². The summed E-state index contributed by atoms with van der Waals surface area (Å²) in [5.74, 6) is 0. The molecule has 0 saturated heterocycles. The fourth-order valence-electron chi connectivity index (χ4n) is 1.64. The van der Waals surface area contributed by atoms with Crippen molar-refractivity contribution in [2.45, 2.75) is 32.0 Å². The van der Waals surface area contributed by atoms with Gasteiger partial charge >= 0.3 is 0 Å². The quantitative estimate of drug-likeness (QED) is 0.167. The van der Waals surface area contributed by atoms with Gasteiger partial charge in [0.1, 0.15) is 19.1 Å². The second kappa shape index (κ2) is 8.03. The van der Waals surface area contributed by atoms with Crippen molar-refractivity contribution in [3.63, 3.8) is 0 Å². The molecule has 0 fully saturated rings. The highest BCUT2D eigenvalue weighted by Crippen LogP contribution is 2.12. The summed E-state index contributed by atoms with van der Waals surface area (Å²) in [6, 6.07) is 0. The van der Waals surface area contributed by atoms with Gasteiger partial charge in [0.15, 0.2) is 0 Å². The zero-order chi connectivity index (χ0) is 14.5. The Kier molecular flexibility index (Phi) is 7.48. The van der Waals surface area contributed by atoms with Gasteiger partial charge in [-0.1, -0.05) is 5.16 Å². The van der Waals surface area contributed by atoms with Gasteiger partial charge in [-0.2, -0.15) is 0 Å². The van der Waals surface area contributed by atoms with Crippen molar-refractivity contribution in [2.75, 3.05) is 20.4 Å². The van der Waals surface area contributed by atoms with Crippen molar-refractivity contribution >= 4 is 6.21 Å². The molecule has 0 spiro atoms. The van der Waals surface area contributed by atoms with Crippen LogP contribution in [-0.2, 0) is 4.74 Å². The van der Waals surface area contributed by atoms with Crippen molar-refractivity contribution in [2.24, 2.45) is 5.16 Å². The molecule has 1 rings (SSSR count). The molecule has 116 valence electrons. The lowest BCUT2D eigenvalue weighted by atomic mass is 10.0. The Bertz CT molecular complexity index is 375. The summed E-state index contributed by atoms with van der Waals surface area (Å²) < 4.78 is 5.44. The number of hydrogen-bond acceptors (Lipinski definition) is 6. The standard InChI is InChI=1S/C11H20N4O4.ClH/c1-11(2,15(17)18)4-7-19-9-14-6-5-13(3)10(14)8-12-16;/h5-6,8,10,16H,4,7,9H2,1-3H3;1H/b12-8-;. The van der Waals surface area contributed by atoms with Crippen LogP contribution in [0.5, 0.6) is 0 Å². The first-order valence-electron chi connectivity index (χ1n) is 6.05. The van der Waals surface area contributed by atoms with Crippen molar-refractivity contribution < 1.29 is 32.2 Å². The minimum absolute atomic E-state index is 0. The van der Waals surface area contributed by atoms with E-state index in [0.717, 1.165) is 4.90 Å². The fraction of sp³-hybridized carbons (Fsp3) is 0.727. The van der Waals surface area contributed by atoms with Gasteiger partial charge in [0.05, 0.1) is 19.9 Å². The average Bonchev–Trinajstić information content (AvgIpc) is 2.67. The molecule has 1 aliphatic heterocycles. The van der Waals surface area contributed by atoms with Crippen LogP contribution >= 0.6 is 0 Å². The van der Waals surface area contributed by atoms with Crippen LogP contribution in [0.15, 0.2) is 17.6 Å². The number of rotatable bonds is 7. The minimum atomic E-state index is -0.977. The highest BCUT2D eigenvalue weighted by molar-refractivity contribution is 5.61. The number of oxime groups is 1. The summed E-state index contributed by atoms with van der Waals surface area (Å²) >= 11 is 0. The first-order valence-corrected chi connectivity index (χ1v) is 6.05. The second-order valence-corrected chi connectivity index (χ2v) is 5.14. The maximum absolute atomic E-state index is 10.7. The molecule has 8 nitrogen and oxygen atoms in total. The van der Waals surface area contributed by atoms with E-state index in [1.807, 2.05) is 24.3 Å². The van der Waals surface area contributed by atoms with E-state index in [1.54, 1.807) is 13.8 Å². The summed E-state index contributed by atoms with van der Waals surface area (Å²) in [4.78, 5) is 13.3.